The van der Waals surface area contributed by atoms with Crippen molar-refractivity contribution < 1.29 is 9.59 Å². The van der Waals surface area contributed by atoms with Crippen molar-refractivity contribution in [1.82, 2.24) is 10.2 Å². The second-order valence-corrected chi connectivity index (χ2v) is 4.07. The molecule has 0 aromatic heterocycles. The highest BCUT2D eigenvalue weighted by Gasteiger charge is 2.23. The van der Waals surface area contributed by atoms with Crippen molar-refractivity contribution in [2.75, 3.05) is 13.1 Å². The summed E-state index contributed by atoms with van der Waals surface area (Å²) in [6, 6.07) is -0.373. The SMILES string of the molecule is CCCC(=O)NC(C)C(=O)N1CCCC1. The van der Waals surface area contributed by atoms with E-state index >= 15 is 0 Å². The molecule has 1 atom stereocenters. The van der Waals surface area contributed by atoms with E-state index in [-0.39, 0.29) is 17.9 Å². The smallest absolute Gasteiger partial charge is 0.244 e. The van der Waals surface area contributed by atoms with E-state index in [1.165, 1.54) is 0 Å². The number of carbonyl (C=O) groups is 2. The first kappa shape index (κ1) is 12.0. The summed E-state index contributed by atoms with van der Waals surface area (Å²) in [5.41, 5.74) is 0. The van der Waals surface area contributed by atoms with Crippen LogP contribution in [0.1, 0.15) is 39.5 Å². The lowest BCUT2D eigenvalue weighted by molar-refractivity contribution is -0.135. The van der Waals surface area contributed by atoms with Gasteiger partial charge in [-0.3, -0.25) is 9.59 Å². The maximum Gasteiger partial charge on any atom is 0.244 e. The van der Waals surface area contributed by atoms with E-state index in [1.54, 1.807) is 6.92 Å². The molecule has 0 radical (unpaired) electrons. The Morgan fingerprint density at radius 2 is 1.93 bits per heavy atom. The minimum Gasteiger partial charge on any atom is -0.345 e. The van der Waals surface area contributed by atoms with Gasteiger partial charge in [0.25, 0.3) is 0 Å². The van der Waals surface area contributed by atoms with E-state index in [9.17, 15) is 9.59 Å². The van der Waals surface area contributed by atoms with Crippen LogP contribution >= 0.6 is 0 Å². The predicted octanol–water partition coefficient (Wildman–Crippen LogP) is 0.914. The van der Waals surface area contributed by atoms with Gasteiger partial charge in [-0.15, -0.1) is 0 Å². The third-order valence-corrected chi connectivity index (χ3v) is 2.64. The summed E-state index contributed by atoms with van der Waals surface area (Å²) in [5, 5.41) is 2.73. The van der Waals surface area contributed by atoms with Crippen LogP contribution in [0.5, 0.6) is 0 Å². The number of carbonyl (C=O) groups excluding carboxylic acids is 2. The van der Waals surface area contributed by atoms with Crippen molar-refractivity contribution >= 4 is 11.8 Å². The second-order valence-electron chi connectivity index (χ2n) is 4.07. The predicted molar refractivity (Wildman–Crippen MR) is 58.3 cm³/mol. The zero-order valence-electron chi connectivity index (χ0n) is 9.58. The van der Waals surface area contributed by atoms with Gasteiger partial charge in [-0.25, -0.2) is 0 Å². The minimum atomic E-state index is -0.373. The van der Waals surface area contributed by atoms with E-state index in [2.05, 4.69) is 5.32 Å². The lowest BCUT2D eigenvalue weighted by Gasteiger charge is -2.20. The van der Waals surface area contributed by atoms with Gasteiger partial charge in [0.1, 0.15) is 6.04 Å². The molecular weight excluding hydrogens is 192 g/mol. The van der Waals surface area contributed by atoms with Crippen LogP contribution in [-0.2, 0) is 9.59 Å². The van der Waals surface area contributed by atoms with Gasteiger partial charge in [0.15, 0.2) is 0 Å². The van der Waals surface area contributed by atoms with Crippen LogP contribution in [0, 0.1) is 0 Å². The van der Waals surface area contributed by atoms with Crippen molar-refractivity contribution in [1.29, 1.82) is 0 Å². The molecule has 0 spiro atoms. The summed E-state index contributed by atoms with van der Waals surface area (Å²) in [6.07, 6.45) is 3.48. The van der Waals surface area contributed by atoms with E-state index in [4.69, 9.17) is 0 Å². The molecule has 1 heterocycles. The molecule has 0 saturated carbocycles. The highest BCUT2D eigenvalue weighted by molar-refractivity contribution is 5.87. The number of amides is 2. The largest absolute Gasteiger partial charge is 0.345 e. The first-order valence-corrected chi connectivity index (χ1v) is 5.73. The summed E-state index contributed by atoms with van der Waals surface area (Å²) in [4.78, 5) is 24.9. The van der Waals surface area contributed by atoms with Crippen LogP contribution in [0.2, 0.25) is 0 Å². The topological polar surface area (TPSA) is 49.4 Å². The molecule has 0 bridgehead atoms. The Balaban J connectivity index is 2.35. The van der Waals surface area contributed by atoms with Gasteiger partial charge in [-0.1, -0.05) is 6.92 Å². The van der Waals surface area contributed by atoms with Gasteiger partial charge in [-0.2, -0.15) is 0 Å². The molecule has 4 nitrogen and oxygen atoms in total. The summed E-state index contributed by atoms with van der Waals surface area (Å²) in [6.45, 7) is 5.39. The summed E-state index contributed by atoms with van der Waals surface area (Å²) in [5.74, 6) is 0.0227. The molecule has 1 unspecified atom stereocenters. The van der Waals surface area contributed by atoms with E-state index < -0.39 is 0 Å². The number of nitrogens with zero attached hydrogens (tertiary/aromatic N) is 1. The first-order chi connectivity index (χ1) is 7.15. The zero-order valence-corrected chi connectivity index (χ0v) is 9.58. The standard InChI is InChI=1S/C11H20N2O2/c1-3-6-10(14)12-9(2)11(15)13-7-4-5-8-13/h9H,3-8H2,1-2H3,(H,12,14). The maximum absolute atomic E-state index is 11.8. The average molecular weight is 212 g/mol. The summed E-state index contributed by atoms with van der Waals surface area (Å²) < 4.78 is 0. The Kier molecular flexibility index (Phi) is 4.59. The number of rotatable bonds is 4. The number of nitrogens with one attached hydrogen (secondary N) is 1. The van der Waals surface area contributed by atoms with Crippen LogP contribution in [-0.4, -0.2) is 35.8 Å². The molecule has 1 aliphatic rings. The molecule has 0 aromatic carbocycles. The Labute approximate surface area is 91.0 Å². The average Bonchev–Trinajstić information content (AvgIpc) is 2.69. The maximum atomic E-state index is 11.8. The van der Waals surface area contributed by atoms with E-state index in [1.807, 2.05) is 11.8 Å². The number of likely N-dealkylation sites (tertiary alicyclic amines) is 1. The van der Waals surface area contributed by atoms with Gasteiger partial charge in [-0.05, 0) is 26.2 Å². The molecule has 0 aliphatic carbocycles. The Bertz CT molecular complexity index is 235. The lowest BCUT2D eigenvalue weighted by Crippen LogP contribution is -2.45. The summed E-state index contributed by atoms with van der Waals surface area (Å²) >= 11 is 0. The fourth-order valence-corrected chi connectivity index (χ4v) is 1.81. The second kappa shape index (κ2) is 5.73. The monoisotopic (exact) mass is 212 g/mol. The quantitative estimate of drug-likeness (QED) is 0.753. The normalized spacial score (nSPS) is 17.6. The molecule has 1 saturated heterocycles. The van der Waals surface area contributed by atoms with Crippen molar-refractivity contribution in [3.63, 3.8) is 0 Å². The van der Waals surface area contributed by atoms with Crippen LogP contribution in [0.25, 0.3) is 0 Å². The molecule has 1 N–H and O–H groups in total. The van der Waals surface area contributed by atoms with Crippen molar-refractivity contribution in [2.24, 2.45) is 0 Å². The van der Waals surface area contributed by atoms with Crippen LogP contribution < -0.4 is 5.32 Å². The third kappa shape index (κ3) is 3.53. The fourth-order valence-electron chi connectivity index (χ4n) is 1.81. The fraction of sp³-hybridized carbons (Fsp3) is 0.818. The molecule has 0 aromatic rings. The number of hydrogen-bond acceptors (Lipinski definition) is 2. The molecule has 1 rings (SSSR count). The van der Waals surface area contributed by atoms with Crippen molar-refractivity contribution in [3.05, 3.63) is 0 Å². The van der Waals surface area contributed by atoms with Gasteiger partial charge in [0.2, 0.25) is 11.8 Å². The van der Waals surface area contributed by atoms with Crippen molar-refractivity contribution in [3.8, 4) is 0 Å². The molecular formula is C11H20N2O2. The molecule has 4 heteroatoms. The first-order valence-electron chi connectivity index (χ1n) is 5.73. The molecule has 1 aliphatic heterocycles. The molecule has 86 valence electrons. The minimum absolute atomic E-state index is 0.0300. The van der Waals surface area contributed by atoms with E-state index in [0.717, 1.165) is 32.4 Å². The van der Waals surface area contributed by atoms with Crippen LogP contribution in [0.4, 0.5) is 0 Å². The van der Waals surface area contributed by atoms with Crippen molar-refractivity contribution in [2.45, 2.75) is 45.6 Å². The zero-order chi connectivity index (χ0) is 11.3. The lowest BCUT2D eigenvalue weighted by atomic mass is 10.2. The molecule has 1 fully saturated rings. The molecule has 2 amide bonds. The Hall–Kier alpha value is -1.06. The molecule has 15 heavy (non-hydrogen) atoms. The van der Waals surface area contributed by atoms with Crippen LogP contribution in [0.3, 0.4) is 0 Å². The van der Waals surface area contributed by atoms with Gasteiger partial charge < -0.3 is 10.2 Å². The summed E-state index contributed by atoms with van der Waals surface area (Å²) in [7, 11) is 0. The van der Waals surface area contributed by atoms with Gasteiger partial charge in [0.05, 0.1) is 0 Å². The highest BCUT2D eigenvalue weighted by Crippen LogP contribution is 2.08. The number of hydrogen-bond donors (Lipinski definition) is 1. The van der Waals surface area contributed by atoms with Gasteiger partial charge in [0, 0.05) is 19.5 Å². The van der Waals surface area contributed by atoms with Crippen LogP contribution in [0.15, 0.2) is 0 Å². The Morgan fingerprint density at radius 3 is 2.47 bits per heavy atom. The van der Waals surface area contributed by atoms with Gasteiger partial charge >= 0.3 is 0 Å². The highest BCUT2D eigenvalue weighted by atomic mass is 16.2. The Morgan fingerprint density at radius 1 is 1.33 bits per heavy atom. The van der Waals surface area contributed by atoms with E-state index in [0.29, 0.717) is 6.42 Å². The third-order valence-electron chi connectivity index (χ3n) is 2.64.